The van der Waals surface area contributed by atoms with E-state index in [4.69, 9.17) is 4.74 Å². The van der Waals surface area contributed by atoms with Gasteiger partial charge in [-0.25, -0.2) is 0 Å². The Hall–Kier alpha value is -0.700. The van der Waals surface area contributed by atoms with Crippen LogP contribution in [0.1, 0.15) is 32.1 Å². The molecule has 0 spiro atoms. The molecule has 8 heteroatoms. The standard InChI is InChI=1S/C11H22N2O5S/c1-18-9-7-12-19(16,17)13-8-5-3-2-4-6-10(13)11(14)15/h10,12H,2-9H2,1H3,(H,14,15). The molecular weight excluding hydrogens is 272 g/mol. The first kappa shape index (κ1) is 16.4. The number of nitrogens with one attached hydrogen (secondary N) is 1. The minimum Gasteiger partial charge on any atom is -0.480 e. The molecule has 1 unspecified atom stereocenters. The minimum atomic E-state index is -3.77. The second-order valence-electron chi connectivity index (χ2n) is 4.56. The van der Waals surface area contributed by atoms with Crippen LogP contribution >= 0.6 is 0 Å². The Morgan fingerprint density at radius 3 is 2.68 bits per heavy atom. The number of hydrogen-bond donors (Lipinski definition) is 2. The van der Waals surface area contributed by atoms with Crippen molar-refractivity contribution in [1.29, 1.82) is 0 Å². The van der Waals surface area contributed by atoms with Crippen LogP contribution in [0.25, 0.3) is 0 Å². The molecule has 0 radical (unpaired) electrons. The molecule has 7 nitrogen and oxygen atoms in total. The number of nitrogens with zero attached hydrogens (tertiary/aromatic N) is 1. The fraction of sp³-hybridized carbons (Fsp3) is 0.909. The number of methoxy groups -OCH3 is 1. The number of carboxylic acids is 1. The van der Waals surface area contributed by atoms with Crippen molar-refractivity contribution in [3.63, 3.8) is 0 Å². The summed E-state index contributed by atoms with van der Waals surface area (Å²) < 4.78 is 32.5. The summed E-state index contributed by atoms with van der Waals surface area (Å²) >= 11 is 0. The summed E-state index contributed by atoms with van der Waals surface area (Å²) in [7, 11) is -2.29. The third-order valence-corrected chi connectivity index (χ3v) is 4.76. The maximum Gasteiger partial charge on any atom is 0.322 e. The van der Waals surface area contributed by atoms with E-state index >= 15 is 0 Å². The number of hydrogen-bond acceptors (Lipinski definition) is 4. The molecule has 1 saturated heterocycles. The van der Waals surface area contributed by atoms with Gasteiger partial charge in [0, 0.05) is 20.2 Å². The van der Waals surface area contributed by atoms with E-state index in [-0.39, 0.29) is 19.7 Å². The van der Waals surface area contributed by atoms with Crippen LogP contribution < -0.4 is 4.72 Å². The molecule has 112 valence electrons. The van der Waals surface area contributed by atoms with E-state index in [0.717, 1.165) is 23.6 Å². The summed E-state index contributed by atoms with van der Waals surface area (Å²) in [6.45, 7) is 0.645. The van der Waals surface area contributed by atoms with Crippen molar-refractivity contribution in [1.82, 2.24) is 9.03 Å². The largest absolute Gasteiger partial charge is 0.480 e. The normalized spacial score (nSPS) is 22.7. The monoisotopic (exact) mass is 294 g/mol. The van der Waals surface area contributed by atoms with Gasteiger partial charge in [0.2, 0.25) is 0 Å². The maximum absolute atomic E-state index is 12.1. The summed E-state index contributed by atoms with van der Waals surface area (Å²) in [5, 5.41) is 9.20. The van der Waals surface area contributed by atoms with Crippen LogP contribution in [0.3, 0.4) is 0 Å². The van der Waals surface area contributed by atoms with Gasteiger partial charge in [-0.05, 0) is 12.8 Å². The van der Waals surface area contributed by atoms with Crippen LogP contribution in [0.5, 0.6) is 0 Å². The third kappa shape index (κ3) is 5.06. The molecule has 19 heavy (non-hydrogen) atoms. The third-order valence-electron chi connectivity index (χ3n) is 3.14. The van der Waals surface area contributed by atoms with Gasteiger partial charge in [0.05, 0.1) is 6.61 Å². The Labute approximate surface area is 114 Å². The first-order valence-electron chi connectivity index (χ1n) is 6.47. The Kier molecular flexibility index (Phi) is 6.70. The van der Waals surface area contributed by atoms with Gasteiger partial charge in [-0.1, -0.05) is 19.3 Å². The molecule has 0 aromatic rings. The van der Waals surface area contributed by atoms with E-state index < -0.39 is 22.2 Å². The molecule has 2 N–H and O–H groups in total. The predicted octanol–water partition coefficient (Wildman–Crippen LogP) is 0.187. The van der Waals surface area contributed by atoms with Gasteiger partial charge in [0.25, 0.3) is 10.2 Å². The van der Waals surface area contributed by atoms with Gasteiger partial charge in [-0.2, -0.15) is 17.4 Å². The number of aliphatic carboxylic acids is 1. The van der Waals surface area contributed by atoms with E-state index in [1.165, 1.54) is 7.11 Å². The van der Waals surface area contributed by atoms with E-state index in [0.29, 0.717) is 12.8 Å². The highest BCUT2D eigenvalue weighted by Gasteiger charge is 2.34. The van der Waals surface area contributed by atoms with Crippen molar-refractivity contribution in [2.45, 2.75) is 38.1 Å². The quantitative estimate of drug-likeness (QED) is 0.682. The van der Waals surface area contributed by atoms with Gasteiger partial charge in [-0.3, -0.25) is 4.79 Å². The van der Waals surface area contributed by atoms with Crippen LogP contribution in [0.2, 0.25) is 0 Å². The zero-order valence-electron chi connectivity index (χ0n) is 11.2. The average Bonchev–Trinajstić information content (AvgIpc) is 2.27. The topological polar surface area (TPSA) is 95.9 Å². The smallest absolute Gasteiger partial charge is 0.322 e. The molecule has 1 atom stereocenters. The molecule has 0 aromatic carbocycles. The number of rotatable bonds is 6. The molecule has 0 aromatic heterocycles. The van der Waals surface area contributed by atoms with Crippen molar-refractivity contribution >= 4 is 16.2 Å². The lowest BCUT2D eigenvalue weighted by atomic mass is 10.0. The Morgan fingerprint density at radius 1 is 1.37 bits per heavy atom. The maximum atomic E-state index is 12.1. The molecule has 1 fully saturated rings. The van der Waals surface area contributed by atoms with Gasteiger partial charge >= 0.3 is 5.97 Å². The molecule has 1 rings (SSSR count). The van der Waals surface area contributed by atoms with Crippen LogP contribution in [0, 0.1) is 0 Å². The molecule has 0 bridgehead atoms. The number of ether oxygens (including phenoxy) is 1. The van der Waals surface area contributed by atoms with Crippen molar-refractivity contribution < 1.29 is 23.1 Å². The van der Waals surface area contributed by atoms with Crippen molar-refractivity contribution in [3.05, 3.63) is 0 Å². The van der Waals surface area contributed by atoms with Gasteiger partial charge in [0.1, 0.15) is 6.04 Å². The summed E-state index contributed by atoms with van der Waals surface area (Å²) in [4.78, 5) is 11.2. The van der Waals surface area contributed by atoms with E-state index in [2.05, 4.69) is 4.72 Å². The van der Waals surface area contributed by atoms with Crippen LogP contribution in [0.15, 0.2) is 0 Å². The molecule has 1 heterocycles. The summed E-state index contributed by atoms with van der Waals surface area (Å²) in [6.07, 6.45) is 3.67. The highest BCUT2D eigenvalue weighted by molar-refractivity contribution is 7.87. The first-order valence-corrected chi connectivity index (χ1v) is 7.91. The number of carbonyl (C=O) groups is 1. The molecule has 0 saturated carbocycles. The molecule has 0 aliphatic carbocycles. The SMILES string of the molecule is COCCNS(=O)(=O)N1CCCCCCC1C(=O)O. The van der Waals surface area contributed by atoms with Crippen molar-refractivity contribution in [2.75, 3.05) is 26.8 Å². The lowest BCUT2D eigenvalue weighted by Crippen LogP contribution is -2.51. The fourth-order valence-corrected chi connectivity index (χ4v) is 3.56. The van der Waals surface area contributed by atoms with Gasteiger partial charge < -0.3 is 9.84 Å². The zero-order chi connectivity index (χ0) is 14.3. The van der Waals surface area contributed by atoms with Gasteiger partial charge in [0.15, 0.2) is 0 Å². The lowest BCUT2D eigenvalue weighted by molar-refractivity contribution is -0.141. The van der Waals surface area contributed by atoms with E-state index in [9.17, 15) is 18.3 Å². The van der Waals surface area contributed by atoms with Crippen molar-refractivity contribution in [3.8, 4) is 0 Å². The van der Waals surface area contributed by atoms with E-state index in [1.807, 2.05) is 0 Å². The highest BCUT2D eigenvalue weighted by Crippen LogP contribution is 2.19. The second kappa shape index (κ2) is 7.78. The average molecular weight is 294 g/mol. The van der Waals surface area contributed by atoms with Gasteiger partial charge in [-0.15, -0.1) is 0 Å². The fourth-order valence-electron chi connectivity index (χ4n) is 2.15. The Bertz CT molecular complexity index is 385. The molecule has 1 aliphatic heterocycles. The summed E-state index contributed by atoms with van der Waals surface area (Å²) in [5.74, 6) is -1.08. The number of carboxylic acid groups (broad SMARTS) is 1. The molecule has 0 amide bonds. The Morgan fingerprint density at radius 2 is 2.05 bits per heavy atom. The van der Waals surface area contributed by atoms with Crippen LogP contribution in [0.4, 0.5) is 0 Å². The Balaban J connectivity index is 2.79. The highest BCUT2D eigenvalue weighted by atomic mass is 32.2. The summed E-state index contributed by atoms with van der Waals surface area (Å²) in [5.41, 5.74) is 0. The van der Waals surface area contributed by atoms with Crippen molar-refractivity contribution in [2.24, 2.45) is 0 Å². The second-order valence-corrected chi connectivity index (χ2v) is 6.27. The predicted molar refractivity (Wildman–Crippen MR) is 70.0 cm³/mol. The minimum absolute atomic E-state index is 0.141. The first-order chi connectivity index (χ1) is 8.99. The van der Waals surface area contributed by atoms with Crippen LogP contribution in [-0.4, -0.2) is 56.6 Å². The van der Waals surface area contributed by atoms with Crippen LogP contribution in [-0.2, 0) is 19.7 Å². The van der Waals surface area contributed by atoms with E-state index in [1.54, 1.807) is 0 Å². The lowest BCUT2D eigenvalue weighted by Gasteiger charge is -2.29. The zero-order valence-corrected chi connectivity index (χ0v) is 12.0. The molecular formula is C11H22N2O5S. The molecule has 1 aliphatic rings. The summed E-state index contributed by atoms with van der Waals surface area (Å²) in [6, 6.07) is -0.972.